The lowest BCUT2D eigenvalue weighted by molar-refractivity contribution is -0.117. The maximum atomic E-state index is 11.8. The largest absolute Gasteiger partial charge is 0.506 e. The molecule has 0 aliphatic carbocycles. The van der Waals surface area contributed by atoms with Gasteiger partial charge >= 0.3 is 10.2 Å². The Kier molecular flexibility index (Phi) is 4.38. The van der Waals surface area contributed by atoms with Crippen LogP contribution in [0.3, 0.4) is 0 Å². The van der Waals surface area contributed by atoms with Crippen LogP contribution >= 0.6 is 0 Å². The van der Waals surface area contributed by atoms with Crippen molar-refractivity contribution in [1.29, 1.82) is 0 Å². The molecule has 1 unspecified atom stereocenters. The Hall–Kier alpha value is -2.25. The topological polar surface area (TPSA) is 121 Å². The summed E-state index contributed by atoms with van der Waals surface area (Å²) in [5.74, 6) is 4.76. The van der Waals surface area contributed by atoms with Crippen LogP contribution in [0.15, 0.2) is 18.2 Å². The van der Waals surface area contributed by atoms with Crippen molar-refractivity contribution in [3.8, 4) is 17.6 Å². The number of sulfone groups is 1. The summed E-state index contributed by atoms with van der Waals surface area (Å²) in [6.45, 7) is -0.402. The highest BCUT2D eigenvalue weighted by Crippen LogP contribution is 2.31. The molecule has 0 bridgehead atoms. The third-order valence-corrected chi connectivity index (χ3v) is 7.76. The Morgan fingerprint density at radius 1 is 1.28 bits per heavy atom. The fourth-order valence-electron chi connectivity index (χ4n) is 2.83. The number of phenols is 1. The maximum absolute atomic E-state index is 11.8. The standard InChI is InChI=1S/C15H16N2O6S2/c18-14-9-11(3-1-4-12-5-2-8-24(12,20)21)6-7-13(14)17-10-15(19)16-25(17,22)23/h6-7,9,12,18H,2,4-5,8,10H2,(H,16,19). The van der Waals surface area contributed by atoms with Gasteiger partial charge < -0.3 is 5.11 Å². The van der Waals surface area contributed by atoms with Crippen LogP contribution in [0.2, 0.25) is 0 Å². The van der Waals surface area contributed by atoms with Gasteiger partial charge in [-0.15, -0.1) is 0 Å². The van der Waals surface area contributed by atoms with Crippen LogP contribution in [-0.4, -0.2) is 45.4 Å². The average Bonchev–Trinajstić information content (AvgIpc) is 2.97. The zero-order valence-corrected chi connectivity index (χ0v) is 14.7. The first kappa shape index (κ1) is 17.6. The average molecular weight is 384 g/mol. The lowest BCUT2D eigenvalue weighted by Crippen LogP contribution is -2.29. The Balaban J connectivity index is 1.77. The van der Waals surface area contributed by atoms with E-state index < -0.39 is 37.7 Å². The second-order valence-corrected chi connectivity index (χ2v) is 9.87. The van der Waals surface area contributed by atoms with Crippen LogP contribution in [0.1, 0.15) is 24.8 Å². The highest BCUT2D eigenvalue weighted by Gasteiger charge is 2.35. The first-order valence-electron chi connectivity index (χ1n) is 7.56. The van der Waals surface area contributed by atoms with Gasteiger partial charge in [-0.05, 0) is 31.0 Å². The zero-order valence-electron chi connectivity index (χ0n) is 13.1. The second-order valence-electron chi connectivity index (χ2n) is 5.88. The summed E-state index contributed by atoms with van der Waals surface area (Å²) in [5, 5.41) is 9.61. The number of hydrogen-bond donors (Lipinski definition) is 2. The molecule has 1 aromatic rings. The van der Waals surface area contributed by atoms with Crippen LogP contribution in [0, 0.1) is 11.8 Å². The predicted octanol–water partition coefficient (Wildman–Crippen LogP) is -0.108. The molecule has 1 atom stereocenters. The first-order valence-corrected chi connectivity index (χ1v) is 10.7. The molecule has 2 heterocycles. The van der Waals surface area contributed by atoms with E-state index in [0.29, 0.717) is 18.4 Å². The Bertz CT molecular complexity index is 989. The van der Waals surface area contributed by atoms with Crippen LogP contribution in [-0.2, 0) is 24.8 Å². The minimum atomic E-state index is -3.99. The molecule has 25 heavy (non-hydrogen) atoms. The van der Waals surface area contributed by atoms with Crippen molar-refractivity contribution in [1.82, 2.24) is 4.72 Å². The van der Waals surface area contributed by atoms with E-state index in [4.69, 9.17) is 0 Å². The van der Waals surface area contributed by atoms with E-state index in [9.17, 15) is 26.7 Å². The van der Waals surface area contributed by atoms with E-state index in [0.717, 1.165) is 4.31 Å². The minimum Gasteiger partial charge on any atom is -0.506 e. The van der Waals surface area contributed by atoms with Crippen molar-refractivity contribution in [3.63, 3.8) is 0 Å². The normalized spacial score (nSPS) is 23.8. The Morgan fingerprint density at radius 3 is 2.60 bits per heavy atom. The molecule has 2 fully saturated rings. The van der Waals surface area contributed by atoms with Crippen molar-refractivity contribution in [2.45, 2.75) is 24.5 Å². The number of phenolic OH excluding ortho intramolecular Hbond substituents is 1. The molecule has 2 aliphatic heterocycles. The fraction of sp³-hybridized carbons (Fsp3) is 0.400. The van der Waals surface area contributed by atoms with Crippen molar-refractivity contribution in [2.75, 3.05) is 16.6 Å². The summed E-state index contributed by atoms with van der Waals surface area (Å²) >= 11 is 0. The fourth-order valence-corrected chi connectivity index (χ4v) is 5.76. The number of rotatable bonds is 2. The molecule has 0 saturated carbocycles. The molecule has 8 nitrogen and oxygen atoms in total. The maximum Gasteiger partial charge on any atom is 0.326 e. The summed E-state index contributed by atoms with van der Waals surface area (Å²) in [4.78, 5) is 11.3. The molecule has 3 rings (SSSR count). The molecule has 0 radical (unpaired) electrons. The minimum absolute atomic E-state index is 0.0257. The number of benzene rings is 1. The molecule has 1 amide bonds. The van der Waals surface area contributed by atoms with Crippen LogP contribution < -0.4 is 9.03 Å². The molecule has 2 saturated heterocycles. The number of anilines is 1. The molecule has 2 N–H and O–H groups in total. The van der Waals surface area contributed by atoms with Gasteiger partial charge in [-0.1, -0.05) is 11.8 Å². The van der Waals surface area contributed by atoms with Crippen molar-refractivity contribution >= 4 is 31.6 Å². The number of carbonyl (C=O) groups is 1. The van der Waals surface area contributed by atoms with Gasteiger partial charge in [0.25, 0.3) is 5.91 Å². The summed E-state index contributed by atoms with van der Waals surface area (Å²) in [7, 11) is -7.04. The Morgan fingerprint density at radius 2 is 2.04 bits per heavy atom. The van der Waals surface area contributed by atoms with Gasteiger partial charge in [-0.25, -0.2) is 17.4 Å². The molecule has 0 spiro atoms. The molecule has 10 heteroatoms. The second kappa shape index (κ2) is 6.24. The lowest BCUT2D eigenvalue weighted by Gasteiger charge is -2.15. The van der Waals surface area contributed by atoms with Crippen molar-refractivity contribution < 1.29 is 26.7 Å². The number of nitrogens with zero attached hydrogens (tertiary/aromatic N) is 1. The summed E-state index contributed by atoms with van der Waals surface area (Å²) in [6, 6.07) is 4.14. The zero-order chi connectivity index (χ0) is 18.2. The van der Waals surface area contributed by atoms with Gasteiger partial charge in [0, 0.05) is 12.0 Å². The third kappa shape index (κ3) is 3.57. The predicted molar refractivity (Wildman–Crippen MR) is 90.8 cm³/mol. The summed E-state index contributed by atoms with van der Waals surface area (Å²) < 4.78 is 49.6. The quantitative estimate of drug-likeness (QED) is 0.687. The molecule has 1 aromatic carbocycles. The summed E-state index contributed by atoms with van der Waals surface area (Å²) in [6.07, 6.45) is 1.49. The van der Waals surface area contributed by atoms with Gasteiger partial charge in [-0.2, -0.15) is 8.42 Å². The monoisotopic (exact) mass is 384 g/mol. The van der Waals surface area contributed by atoms with Crippen molar-refractivity contribution in [3.05, 3.63) is 23.8 Å². The molecule has 0 aromatic heterocycles. The number of amides is 1. The highest BCUT2D eigenvalue weighted by molar-refractivity contribution is 7.92. The smallest absolute Gasteiger partial charge is 0.326 e. The van der Waals surface area contributed by atoms with Crippen LogP contribution in [0.4, 0.5) is 5.69 Å². The number of nitrogens with one attached hydrogen (secondary N) is 1. The summed E-state index contributed by atoms with van der Waals surface area (Å²) in [5.41, 5.74) is 0.398. The third-order valence-electron chi connectivity index (χ3n) is 4.09. The molecule has 2 aliphatic rings. The van der Waals surface area contributed by atoms with E-state index in [-0.39, 0.29) is 23.6 Å². The first-order chi connectivity index (χ1) is 11.7. The SMILES string of the molecule is O=C1CN(c2ccc(C#CCC3CCCS3(=O)=O)cc2O)S(=O)(=O)N1. The van der Waals surface area contributed by atoms with E-state index in [2.05, 4.69) is 11.8 Å². The van der Waals surface area contributed by atoms with Gasteiger partial charge in [0.15, 0.2) is 9.84 Å². The molecular weight excluding hydrogens is 368 g/mol. The Labute approximate surface area is 145 Å². The van der Waals surface area contributed by atoms with Crippen LogP contribution in [0.5, 0.6) is 5.75 Å². The van der Waals surface area contributed by atoms with Gasteiger partial charge in [-0.3, -0.25) is 4.79 Å². The van der Waals surface area contributed by atoms with Crippen LogP contribution in [0.25, 0.3) is 0 Å². The van der Waals surface area contributed by atoms with Gasteiger partial charge in [0.05, 0.1) is 16.7 Å². The highest BCUT2D eigenvalue weighted by atomic mass is 32.2. The van der Waals surface area contributed by atoms with E-state index >= 15 is 0 Å². The lowest BCUT2D eigenvalue weighted by atomic mass is 10.1. The number of carbonyl (C=O) groups excluding carboxylic acids is 1. The van der Waals surface area contributed by atoms with E-state index in [1.807, 2.05) is 4.72 Å². The van der Waals surface area contributed by atoms with E-state index in [1.165, 1.54) is 18.2 Å². The van der Waals surface area contributed by atoms with E-state index in [1.54, 1.807) is 0 Å². The molecular formula is C15H16N2O6S2. The van der Waals surface area contributed by atoms with Gasteiger partial charge in [0.1, 0.15) is 12.3 Å². The number of hydrogen-bond acceptors (Lipinski definition) is 6. The number of aromatic hydroxyl groups is 1. The molecule has 134 valence electrons. The van der Waals surface area contributed by atoms with Crippen molar-refractivity contribution in [2.24, 2.45) is 0 Å². The van der Waals surface area contributed by atoms with Gasteiger partial charge in [0.2, 0.25) is 0 Å².